The lowest BCUT2D eigenvalue weighted by atomic mass is 10.0. The highest BCUT2D eigenvalue weighted by molar-refractivity contribution is 7.11. The molecule has 2 fully saturated rings. The van der Waals surface area contributed by atoms with E-state index >= 15 is 0 Å². The third-order valence-electron chi connectivity index (χ3n) is 4.93. The first-order chi connectivity index (χ1) is 9.72. The molecule has 0 spiro atoms. The van der Waals surface area contributed by atoms with Gasteiger partial charge in [0, 0.05) is 36.2 Å². The van der Waals surface area contributed by atoms with Gasteiger partial charge in [0.05, 0.1) is 6.04 Å². The van der Waals surface area contributed by atoms with Crippen LogP contribution in [-0.2, 0) is 6.42 Å². The summed E-state index contributed by atoms with van der Waals surface area (Å²) < 4.78 is 0. The van der Waals surface area contributed by atoms with Gasteiger partial charge >= 0.3 is 0 Å². The normalized spacial score (nSPS) is 29.6. The summed E-state index contributed by atoms with van der Waals surface area (Å²) in [4.78, 5) is 8.79. The summed E-state index contributed by atoms with van der Waals surface area (Å²) in [5.41, 5.74) is 0. The summed E-state index contributed by atoms with van der Waals surface area (Å²) in [6.07, 6.45) is 7.24. The van der Waals surface area contributed by atoms with Crippen molar-refractivity contribution in [3.8, 4) is 0 Å². The summed E-state index contributed by atoms with van der Waals surface area (Å²) in [7, 11) is 0. The monoisotopic (exact) mass is 293 g/mol. The van der Waals surface area contributed by atoms with Crippen LogP contribution in [0, 0.1) is 5.92 Å². The molecule has 1 aromatic heterocycles. The second-order valence-corrected chi connectivity index (χ2v) is 7.45. The molecule has 20 heavy (non-hydrogen) atoms. The van der Waals surface area contributed by atoms with Crippen molar-refractivity contribution < 1.29 is 0 Å². The number of rotatable bonds is 5. The van der Waals surface area contributed by atoms with Gasteiger partial charge in [-0.2, -0.15) is 0 Å². The molecular formula is C16H27N3S. The van der Waals surface area contributed by atoms with Crippen LogP contribution in [-0.4, -0.2) is 35.1 Å². The first-order valence-corrected chi connectivity index (χ1v) is 8.98. The second kappa shape index (κ2) is 6.12. The number of thiazole rings is 1. The summed E-state index contributed by atoms with van der Waals surface area (Å²) >= 11 is 1.90. The first kappa shape index (κ1) is 14.5. The van der Waals surface area contributed by atoms with Crippen LogP contribution >= 0.6 is 11.3 Å². The van der Waals surface area contributed by atoms with E-state index in [1.54, 1.807) is 0 Å². The molecule has 3 rings (SSSR count). The minimum Gasteiger partial charge on any atom is -0.311 e. The van der Waals surface area contributed by atoms with Crippen molar-refractivity contribution in [1.29, 1.82) is 0 Å². The molecule has 2 heterocycles. The van der Waals surface area contributed by atoms with Gasteiger partial charge in [-0.25, -0.2) is 4.98 Å². The van der Waals surface area contributed by atoms with Gasteiger partial charge in [0.15, 0.2) is 0 Å². The highest BCUT2D eigenvalue weighted by atomic mass is 32.1. The Labute approximate surface area is 126 Å². The van der Waals surface area contributed by atoms with Crippen molar-refractivity contribution >= 4 is 11.3 Å². The maximum Gasteiger partial charge on any atom is 0.110 e. The second-order valence-electron chi connectivity index (χ2n) is 6.31. The fourth-order valence-electron chi connectivity index (χ4n) is 3.33. The van der Waals surface area contributed by atoms with Gasteiger partial charge in [-0.3, -0.25) is 4.90 Å². The van der Waals surface area contributed by atoms with Gasteiger partial charge in [0.1, 0.15) is 5.01 Å². The van der Waals surface area contributed by atoms with E-state index < -0.39 is 0 Å². The van der Waals surface area contributed by atoms with Crippen LogP contribution < -0.4 is 5.32 Å². The van der Waals surface area contributed by atoms with E-state index in [9.17, 15) is 0 Å². The summed E-state index contributed by atoms with van der Waals surface area (Å²) in [6, 6.07) is 1.84. The van der Waals surface area contributed by atoms with Crippen LogP contribution in [0.1, 0.15) is 56.0 Å². The van der Waals surface area contributed by atoms with E-state index in [0.29, 0.717) is 18.1 Å². The van der Waals surface area contributed by atoms with Crippen molar-refractivity contribution in [2.24, 2.45) is 5.92 Å². The lowest BCUT2D eigenvalue weighted by molar-refractivity contribution is 0.0802. The largest absolute Gasteiger partial charge is 0.311 e. The Morgan fingerprint density at radius 3 is 2.85 bits per heavy atom. The SMILES string of the molecule is CCc1cnc(C(C)N2CC(C3CC3)NCC2CC)s1. The molecular weight excluding hydrogens is 266 g/mol. The van der Waals surface area contributed by atoms with E-state index in [1.807, 2.05) is 11.3 Å². The van der Waals surface area contributed by atoms with E-state index in [4.69, 9.17) is 0 Å². The Balaban J connectivity index is 1.73. The van der Waals surface area contributed by atoms with Crippen LogP contribution in [0.5, 0.6) is 0 Å². The molecule has 0 radical (unpaired) electrons. The number of nitrogens with one attached hydrogen (secondary N) is 1. The Kier molecular flexibility index (Phi) is 4.43. The summed E-state index contributed by atoms with van der Waals surface area (Å²) in [5, 5.41) is 5.08. The van der Waals surface area contributed by atoms with E-state index in [1.165, 1.54) is 35.7 Å². The zero-order chi connectivity index (χ0) is 14.1. The predicted octanol–water partition coefficient (Wildman–Crippen LogP) is 3.23. The maximum absolute atomic E-state index is 4.67. The molecule has 112 valence electrons. The molecule has 0 aromatic carbocycles. The highest BCUT2D eigenvalue weighted by Crippen LogP contribution is 2.37. The molecule has 1 aliphatic carbocycles. The van der Waals surface area contributed by atoms with Crippen molar-refractivity contribution in [3.63, 3.8) is 0 Å². The Morgan fingerprint density at radius 2 is 2.25 bits per heavy atom. The van der Waals surface area contributed by atoms with Crippen LogP contribution in [0.15, 0.2) is 6.20 Å². The van der Waals surface area contributed by atoms with Gasteiger partial charge in [0.25, 0.3) is 0 Å². The van der Waals surface area contributed by atoms with Gasteiger partial charge in [-0.1, -0.05) is 13.8 Å². The number of aromatic nitrogens is 1. The van der Waals surface area contributed by atoms with Crippen LogP contribution in [0.4, 0.5) is 0 Å². The molecule has 1 saturated heterocycles. The third-order valence-corrected chi connectivity index (χ3v) is 6.24. The van der Waals surface area contributed by atoms with E-state index in [2.05, 4.69) is 42.2 Å². The molecule has 0 amide bonds. The molecule has 2 aliphatic rings. The van der Waals surface area contributed by atoms with Crippen LogP contribution in [0.3, 0.4) is 0 Å². The first-order valence-electron chi connectivity index (χ1n) is 8.16. The average molecular weight is 293 g/mol. The predicted molar refractivity (Wildman–Crippen MR) is 85.2 cm³/mol. The van der Waals surface area contributed by atoms with Crippen molar-refractivity contribution in [1.82, 2.24) is 15.2 Å². The molecule has 1 N–H and O–H groups in total. The minimum absolute atomic E-state index is 0.466. The molecule has 3 unspecified atom stereocenters. The topological polar surface area (TPSA) is 28.2 Å². The number of hydrogen-bond acceptors (Lipinski definition) is 4. The number of hydrogen-bond donors (Lipinski definition) is 1. The van der Waals surface area contributed by atoms with Crippen molar-refractivity contribution in [2.75, 3.05) is 13.1 Å². The lowest BCUT2D eigenvalue weighted by Gasteiger charge is -2.43. The van der Waals surface area contributed by atoms with E-state index in [0.717, 1.165) is 18.9 Å². The lowest BCUT2D eigenvalue weighted by Crippen LogP contribution is -2.57. The number of aryl methyl sites for hydroxylation is 1. The maximum atomic E-state index is 4.67. The molecule has 1 saturated carbocycles. The Morgan fingerprint density at radius 1 is 1.45 bits per heavy atom. The zero-order valence-corrected chi connectivity index (χ0v) is 13.7. The van der Waals surface area contributed by atoms with Crippen LogP contribution in [0.25, 0.3) is 0 Å². The van der Waals surface area contributed by atoms with Gasteiger partial charge in [0.2, 0.25) is 0 Å². The molecule has 1 aliphatic heterocycles. The third kappa shape index (κ3) is 2.92. The Hall–Kier alpha value is -0.450. The molecule has 3 atom stereocenters. The van der Waals surface area contributed by atoms with Crippen LogP contribution in [0.2, 0.25) is 0 Å². The van der Waals surface area contributed by atoms with Crippen molar-refractivity contribution in [3.05, 3.63) is 16.1 Å². The molecule has 3 nitrogen and oxygen atoms in total. The summed E-state index contributed by atoms with van der Waals surface area (Å²) in [6.45, 7) is 9.21. The standard InChI is InChI=1S/C16H27N3S/c1-4-13-8-17-15(12-6-7-12)10-19(13)11(3)16-18-9-14(5-2)20-16/h9,11-13,15,17H,4-8,10H2,1-3H3. The fourth-order valence-corrected chi connectivity index (χ4v) is 4.26. The average Bonchev–Trinajstić information content (AvgIpc) is 3.23. The zero-order valence-electron chi connectivity index (χ0n) is 12.9. The minimum atomic E-state index is 0.466. The van der Waals surface area contributed by atoms with Crippen molar-refractivity contribution in [2.45, 2.75) is 64.6 Å². The Bertz CT molecular complexity index is 441. The molecule has 0 bridgehead atoms. The molecule has 4 heteroatoms. The van der Waals surface area contributed by atoms with Gasteiger partial charge < -0.3 is 5.32 Å². The fraction of sp³-hybridized carbons (Fsp3) is 0.812. The quantitative estimate of drug-likeness (QED) is 0.903. The number of piperazine rings is 1. The highest BCUT2D eigenvalue weighted by Gasteiger charge is 2.38. The van der Waals surface area contributed by atoms with Gasteiger partial charge in [-0.15, -0.1) is 11.3 Å². The van der Waals surface area contributed by atoms with Gasteiger partial charge in [-0.05, 0) is 38.5 Å². The molecule has 1 aromatic rings. The summed E-state index contributed by atoms with van der Waals surface area (Å²) in [5.74, 6) is 0.935. The smallest absolute Gasteiger partial charge is 0.110 e. The van der Waals surface area contributed by atoms with E-state index in [-0.39, 0.29) is 0 Å². The number of nitrogens with zero attached hydrogens (tertiary/aromatic N) is 2.